The lowest BCUT2D eigenvalue weighted by Gasteiger charge is -2.41. The van der Waals surface area contributed by atoms with Crippen molar-refractivity contribution in [1.82, 2.24) is 65.8 Å². The minimum Gasteiger partial charge on any atom is -0.450 e. The van der Waals surface area contributed by atoms with E-state index in [4.69, 9.17) is 4.74 Å². The van der Waals surface area contributed by atoms with Crippen molar-refractivity contribution in [1.29, 1.82) is 0 Å². The first-order valence-electron chi connectivity index (χ1n) is 35.0. The van der Waals surface area contributed by atoms with Crippen molar-refractivity contribution >= 4 is 71.1 Å². The third kappa shape index (κ3) is 24.8. The average molecular weight is 1370 g/mol. The molecule has 0 aromatic rings. The molecule has 0 aromatic carbocycles. The normalized spacial score (nSPS) is 26.6. The second-order valence-corrected chi connectivity index (χ2v) is 29.3. The molecule has 97 heavy (non-hydrogen) atoms. The highest BCUT2D eigenvalue weighted by atomic mass is 16.5. The van der Waals surface area contributed by atoms with E-state index in [-0.39, 0.29) is 75.3 Å². The summed E-state index contributed by atoms with van der Waals surface area (Å²) in [4.78, 5) is 186. The van der Waals surface area contributed by atoms with Crippen LogP contribution in [0.5, 0.6) is 0 Å². The number of ether oxygens (including phenoxy) is 1. The lowest BCUT2D eigenvalue weighted by Crippen LogP contribution is -2.64. The molecule has 2 rings (SSSR count). The highest BCUT2D eigenvalue weighted by Gasteiger charge is 2.46. The monoisotopic (exact) mass is 1370 g/mol. The van der Waals surface area contributed by atoms with Crippen molar-refractivity contribution in [3.63, 3.8) is 0 Å². The summed E-state index contributed by atoms with van der Waals surface area (Å²) in [6.45, 7) is 28.8. The van der Waals surface area contributed by atoms with Gasteiger partial charge in [0.25, 0.3) is 0 Å². The Bertz CT molecular complexity index is 2680. The number of hydrogen-bond acceptors (Lipinski definition) is 15. The molecule has 2 fully saturated rings. The zero-order chi connectivity index (χ0) is 74.4. The van der Waals surface area contributed by atoms with Gasteiger partial charge in [-0.2, -0.15) is 0 Å². The van der Waals surface area contributed by atoms with Crippen LogP contribution in [-0.2, 0) is 57.5 Å². The minimum absolute atomic E-state index is 0.0233. The van der Waals surface area contributed by atoms with Crippen molar-refractivity contribution in [2.24, 2.45) is 41.4 Å². The molecular formula is C70H125N13O14. The van der Waals surface area contributed by atoms with E-state index >= 15 is 24.0 Å². The van der Waals surface area contributed by atoms with E-state index in [0.717, 1.165) is 35.7 Å². The summed E-state index contributed by atoms with van der Waals surface area (Å²) in [5.41, 5.74) is 0. The fraction of sp³-hybridized carbons (Fsp3) is 0.800. The Balaban J connectivity index is 2.97. The van der Waals surface area contributed by atoms with Crippen molar-refractivity contribution in [3.8, 4) is 0 Å². The molecule has 0 spiro atoms. The van der Waals surface area contributed by atoms with Gasteiger partial charge in [-0.15, -0.1) is 0 Å². The van der Waals surface area contributed by atoms with Gasteiger partial charge in [0, 0.05) is 55.4 Å². The van der Waals surface area contributed by atoms with Gasteiger partial charge >= 0.3 is 6.09 Å². The van der Waals surface area contributed by atoms with Crippen LogP contribution in [0.15, 0.2) is 12.2 Å². The summed E-state index contributed by atoms with van der Waals surface area (Å²) in [6.07, 6.45) is 4.15. The summed E-state index contributed by atoms with van der Waals surface area (Å²) in [7, 11) is 11.9. The molecule has 0 aliphatic carbocycles. The molecule has 12 amide bonds. The lowest BCUT2D eigenvalue weighted by molar-refractivity contribution is -0.157. The molecule has 2 saturated heterocycles. The fourth-order valence-electron chi connectivity index (χ4n) is 12.6. The number of aliphatic hydroxyl groups is 1. The van der Waals surface area contributed by atoms with Gasteiger partial charge in [0.15, 0.2) is 0 Å². The van der Waals surface area contributed by atoms with Crippen molar-refractivity contribution in [2.75, 3.05) is 82.6 Å². The van der Waals surface area contributed by atoms with E-state index in [1.807, 2.05) is 48.6 Å². The van der Waals surface area contributed by atoms with Crippen LogP contribution < -0.4 is 26.6 Å². The zero-order valence-electron chi connectivity index (χ0n) is 63.1. The van der Waals surface area contributed by atoms with E-state index in [9.17, 15) is 38.7 Å². The highest BCUT2D eigenvalue weighted by molar-refractivity contribution is 5.99. The number of nitrogens with zero attached hydrogens (tertiary/aromatic N) is 8. The minimum atomic E-state index is -1.65. The Labute approximate surface area is 579 Å². The number of carbonyl (C=O) groups is 12. The first-order chi connectivity index (χ1) is 45.1. The number of nitrogens with one attached hydrogen (secondary N) is 5. The maximum atomic E-state index is 15.3. The Morgan fingerprint density at radius 3 is 1.58 bits per heavy atom. The first-order valence-corrected chi connectivity index (χ1v) is 35.0. The van der Waals surface area contributed by atoms with Gasteiger partial charge in [-0.3, -0.25) is 52.7 Å². The number of likely N-dealkylation sites (tertiary alicyclic amines) is 1. The molecule has 13 atom stereocenters. The number of piperidine rings is 1. The zero-order valence-corrected chi connectivity index (χ0v) is 63.1. The van der Waals surface area contributed by atoms with Gasteiger partial charge in [0.1, 0.15) is 60.4 Å². The Morgan fingerprint density at radius 1 is 0.567 bits per heavy atom. The predicted octanol–water partition coefficient (Wildman–Crippen LogP) is 3.46. The number of hydrogen-bond donors (Lipinski definition) is 6. The number of allylic oxidation sites excluding steroid dienone is 2. The molecule has 0 radical (unpaired) electrons. The smallest absolute Gasteiger partial charge is 0.407 e. The number of carbonyl (C=O) groups excluding carboxylic acids is 12. The van der Waals surface area contributed by atoms with Crippen LogP contribution in [0.2, 0.25) is 0 Å². The van der Waals surface area contributed by atoms with Crippen molar-refractivity contribution in [2.45, 2.75) is 241 Å². The van der Waals surface area contributed by atoms with E-state index in [1.54, 1.807) is 67.5 Å². The molecule has 2 aliphatic heterocycles. The van der Waals surface area contributed by atoms with Crippen molar-refractivity contribution in [3.05, 3.63) is 12.2 Å². The van der Waals surface area contributed by atoms with Gasteiger partial charge in [0.05, 0.1) is 19.3 Å². The molecule has 27 nitrogen and oxygen atoms in total. The van der Waals surface area contributed by atoms with Crippen LogP contribution >= 0.6 is 0 Å². The fourth-order valence-corrected chi connectivity index (χ4v) is 12.6. The van der Waals surface area contributed by atoms with Gasteiger partial charge < -0.3 is 75.6 Å². The van der Waals surface area contributed by atoms with Crippen LogP contribution in [0.4, 0.5) is 4.79 Å². The first kappa shape index (κ1) is 86.2. The number of likely N-dealkylation sites (N-methyl/N-ethyl adjacent to an activating group) is 7. The third-order valence-corrected chi connectivity index (χ3v) is 19.1. The largest absolute Gasteiger partial charge is 0.450 e. The van der Waals surface area contributed by atoms with Gasteiger partial charge in [-0.05, 0) is 140 Å². The molecule has 27 heteroatoms. The molecule has 0 aromatic heterocycles. The Hall–Kier alpha value is -6.90. The van der Waals surface area contributed by atoms with E-state index in [0.29, 0.717) is 0 Å². The molecule has 6 N–H and O–H groups in total. The summed E-state index contributed by atoms with van der Waals surface area (Å²) in [5, 5.41) is 26.1. The molecule has 0 saturated carbocycles. The Kier molecular flexibility index (Phi) is 35.8. The van der Waals surface area contributed by atoms with Crippen LogP contribution in [-0.4, -0.2) is 271 Å². The molecular weight excluding hydrogens is 1250 g/mol. The van der Waals surface area contributed by atoms with Crippen molar-refractivity contribution < 1.29 is 67.4 Å². The van der Waals surface area contributed by atoms with Gasteiger partial charge in [0.2, 0.25) is 65.0 Å². The van der Waals surface area contributed by atoms with Gasteiger partial charge in [-0.1, -0.05) is 102 Å². The second-order valence-electron chi connectivity index (χ2n) is 29.3. The maximum Gasteiger partial charge on any atom is 0.407 e. The van der Waals surface area contributed by atoms with E-state index in [2.05, 4.69) is 31.5 Å². The summed E-state index contributed by atoms with van der Waals surface area (Å²) in [6, 6.07) is -13.0. The van der Waals surface area contributed by atoms with E-state index in [1.165, 1.54) is 87.7 Å². The van der Waals surface area contributed by atoms with Gasteiger partial charge in [-0.25, -0.2) is 4.79 Å². The number of rotatable bonds is 19. The number of alkyl carbamates (subject to hydrolysis) is 1. The SMILES string of the molecule is CC=CCC(C)C(O)C1C(=O)NC(CC)C(=O)N(C)C(C)C(=O)N(C)C(C(C)CCCOC(=O)NC2CCN(C)CC2)C(=O)NC(C(C)C)C(=O)N(C)C(CC(C)C)C(=O)NC(C)C(=O)NCC(=O)N(C)C(CC(C)C)C(=O)N(C)C(CC(C)C)C(=O)N(C)C(C(C)C)C(=O)N1C. The summed E-state index contributed by atoms with van der Waals surface area (Å²) >= 11 is 0. The topological polar surface area (TPSA) is 320 Å². The third-order valence-electron chi connectivity index (χ3n) is 19.1. The average Bonchev–Trinajstić information content (AvgIpc) is 0.809. The lowest BCUT2D eigenvalue weighted by atomic mass is 9.91. The second kappa shape index (κ2) is 40.2. The van der Waals surface area contributed by atoms with Crippen LogP contribution in [0.25, 0.3) is 0 Å². The molecule has 0 bridgehead atoms. The van der Waals surface area contributed by atoms with Crippen LogP contribution in [0.1, 0.15) is 169 Å². The van der Waals surface area contributed by atoms with Crippen LogP contribution in [0.3, 0.4) is 0 Å². The number of aliphatic hydroxyl groups excluding tert-OH is 1. The molecule has 554 valence electrons. The summed E-state index contributed by atoms with van der Waals surface area (Å²) < 4.78 is 5.58. The molecule has 2 aliphatic rings. The van der Waals surface area contributed by atoms with E-state index < -0.39 is 168 Å². The standard InChI is InChI=1S/C70H125N13O14/c1-25-27-29-46(14)59(85)58-63(89)74-50(26-2)65(91)77(18)48(16)64(90)82(23)57(45(13)30-28-35-97-70(96)73-49-31-33-76(17)34-32-49)62(88)75-55(43(9)10)68(94)79(20)51(36-40(3)4)61(87)72-47(15)60(86)71-39-54(84)78(19)52(37-41(5)6)66(92)80(21)53(38-42(7)8)67(93)81(22)56(44(11)12)69(95)83(58)24/h25,27,40-53,55-59,85H,26,28-39H2,1-24H3,(H,71,86)(H,72,87)(H,73,96)(H,74,89)(H,75,88). The Morgan fingerprint density at radius 2 is 1.06 bits per heavy atom. The highest BCUT2D eigenvalue weighted by Crippen LogP contribution is 2.27. The number of amides is 12. The maximum absolute atomic E-state index is 15.3. The quantitative estimate of drug-likeness (QED) is 0.0797. The summed E-state index contributed by atoms with van der Waals surface area (Å²) in [5.74, 6) is -10.8. The van der Waals surface area contributed by atoms with Crippen LogP contribution in [0, 0.1) is 41.4 Å². The molecule has 2 heterocycles. The molecule has 13 unspecified atom stereocenters. The predicted molar refractivity (Wildman–Crippen MR) is 372 cm³/mol.